The topological polar surface area (TPSA) is 55.8 Å². The van der Waals surface area contributed by atoms with Crippen LogP contribution in [0.25, 0.3) is 0 Å². The van der Waals surface area contributed by atoms with E-state index in [-0.39, 0.29) is 0 Å². The van der Waals surface area contributed by atoms with Crippen molar-refractivity contribution in [3.05, 3.63) is 24.3 Å². The Labute approximate surface area is 127 Å². The van der Waals surface area contributed by atoms with Gasteiger partial charge in [0.2, 0.25) is 0 Å². The summed E-state index contributed by atoms with van der Waals surface area (Å²) in [6.45, 7) is 6.99. The lowest BCUT2D eigenvalue weighted by Crippen LogP contribution is -2.30. The van der Waals surface area contributed by atoms with Crippen LogP contribution in [0.3, 0.4) is 0 Å². The molecule has 21 heavy (non-hydrogen) atoms. The summed E-state index contributed by atoms with van der Waals surface area (Å²) in [5.41, 5.74) is -0.609. The van der Waals surface area contributed by atoms with Crippen LogP contribution < -0.4 is 9.47 Å². The molecule has 1 aromatic carbocycles. The largest absolute Gasteiger partial charge is 0.494 e. The third-order valence-corrected chi connectivity index (χ3v) is 4.01. The van der Waals surface area contributed by atoms with Crippen LogP contribution in [0.15, 0.2) is 24.3 Å². The minimum absolute atomic E-state index is 0.531. The molecule has 0 heterocycles. The quantitative estimate of drug-likeness (QED) is 0.659. The fourth-order valence-electron chi connectivity index (χ4n) is 2.41. The maximum absolute atomic E-state index is 11.4. The minimum Gasteiger partial charge on any atom is -0.494 e. The van der Waals surface area contributed by atoms with Crippen molar-refractivity contribution in [1.29, 1.82) is 0 Å². The molecule has 0 aliphatic rings. The van der Waals surface area contributed by atoms with Gasteiger partial charge in [-0.25, -0.2) is 0 Å². The van der Waals surface area contributed by atoms with Crippen LogP contribution in [-0.4, -0.2) is 24.3 Å². The second-order valence-corrected chi connectivity index (χ2v) is 5.15. The summed E-state index contributed by atoms with van der Waals surface area (Å²) < 4.78 is 11.0. The number of rotatable bonds is 10. The van der Waals surface area contributed by atoms with E-state index in [0.29, 0.717) is 32.5 Å². The number of hydrogen-bond donors (Lipinski definition) is 1. The molecule has 4 nitrogen and oxygen atoms in total. The maximum Gasteiger partial charge on any atom is 0.309 e. The predicted octanol–water partition coefficient (Wildman–Crippen LogP) is 4.14. The Morgan fingerprint density at radius 3 is 2.00 bits per heavy atom. The molecule has 1 N–H and O–H groups in total. The van der Waals surface area contributed by atoms with Crippen molar-refractivity contribution in [1.82, 2.24) is 0 Å². The highest BCUT2D eigenvalue weighted by Crippen LogP contribution is 2.32. The van der Waals surface area contributed by atoms with Crippen molar-refractivity contribution in [3.8, 4) is 11.5 Å². The number of carboxylic acid groups (broad SMARTS) is 1. The van der Waals surface area contributed by atoms with Crippen molar-refractivity contribution in [2.75, 3.05) is 13.2 Å². The average molecular weight is 294 g/mol. The Morgan fingerprint density at radius 1 is 1.05 bits per heavy atom. The fourth-order valence-corrected chi connectivity index (χ4v) is 2.41. The van der Waals surface area contributed by atoms with Crippen LogP contribution >= 0.6 is 0 Å². The second kappa shape index (κ2) is 8.55. The molecule has 0 spiro atoms. The van der Waals surface area contributed by atoms with Gasteiger partial charge in [-0.05, 0) is 56.9 Å². The van der Waals surface area contributed by atoms with Gasteiger partial charge in [-0.1, -0.05) is 13.8 Å². The molecule has 0 radical (unpaired) electrons. The normalized spacial score (nSPS) is 11.2. The van der Waals surface area contributed by atoms with E-state index in [4.69, 9.17) is 9.47 Å². The van der Waals surface area contributed by atoms with Gasteiger partial charge < -0.3 is 14.6 Å². The Balaban J connectivity index is 2.41. The molecular formula is C17H26O4. The summed E-state index contributed by atoms with van der Waals surface area (Å²) >= 11 is 0. The lowest BCUT2D eigenvalue weighted by molar-refractivity contribution is -0.150. The summed E-state index contributed by atoms with van der Waals surface area (Å²) in [5, 5.41) is 9.37. The molecule has 1 rings (SSSR count). The van der Waals surface area contributed by atoms with Crippen LogP contribution in [0.5, 0.6) is 11.5 Å². The van der Waals surface area contributed by atoms with Gasteiger partial charge in [-0.2, -0.15) is 0 Å². The first-order chi connectivity index (χ1) is 10.1. The van der Waals surface area contributed by atoms with E-state index in [1.165, 1.54) is 0 Å². The maximum atomic E-state index is 11.4. The van der Waals surface area contributed by atoms with E-state index in [9.17, 15) is 9.90 Å². The van der Waals surface area contributed by atoms with Crippen LogP contribution in [0, 0.1) is 5.41 Å². The Morgan fingerprint density at radius 2 is 1.57 bits per heavy atom. The van der Waals surface area contributed by atoms with Crippen molar-refractivity contribution in [3.63, 3.8) is 0 Å². The SMILES string of the molecule is CCOc1ccc(OCCCC(CC)(CC)C(=O)O)cc1. The third kappa shape index (κ3) is 4.96. The third-order valence-electron chi connectivity index (χ3n) is 4.01. The van der Waals surface area contributed by atoms with Crippen LogP contribution in [0.1, 0.15) is 46.5 Å². The fraction of sp³-hybridized carbons (Fsp3) is 0.588. The van der Waals surface area contributed by atoms with Gasteiger partial charge in [0.1, 0.15) is 11.5 Å². The number of benzene rings is 1. The number of carboxylic acids is 1. The zero-order valence-electron chi connectivity index (χ0n) is 13.2. The lowest BCUT2D eigenvalue weighted by atomic mass is 9.78. The highest BCUT2D eigenvalue weighted by Gasteiger charge is 2.33. The number of aliphatic carboxylic acids is 1. The standard InChI is InChI=1S/C17H26O4/c1-4-17(5-2,16(18)19)12-7-13-21-15-10-8-14(9-11-15)20-6-3/h8-11H,4-7,12-13H2,1-3H3,(H,18,19). The molecule has 0 fully saturated rings. The van der Waals surface area contributed by atoms with E-state index < -0.39 is 11.4 Å². The van der Waals surface area contributed by atoms with Crippen molar-refractivity contribution >= 4 is 5.97 Å². The first-order valence-electron chi connectivity index (χ1n) is 7.67. The zero-order valence-corrected chi connectivity index (χ0v) is 13.2. The van der Waals surface area contributed by atoms with Crippen LogP contribution in [0.2, 0.25) is 0 Å². The van der Waals surface area contributed by atoms with Gasteiger partial charge in [-0.15, -0.1) is 0 Å². The summed E-state index contributed by atoms with van der Waals surface area (Å²) in [6, 6.07) is 7.49. The van der Waals surface area contributed by atoms with Gasteiger partial charge in [0.15, 0.2) is 0 Å². The Kier molecular flexibility index (Phi) is 7.06. The summed E-state index contributed by atoms with van der Waals surface area (Å²) in [5.74, 6) is 0.910. The number of ether oxygens (including phenoxy) is 2. The molecule has 0 unspecified atom stereocenters. The molecule has 0 aliphatic heterocycles. The highest BCUT2D eigenvalue weighted by atomic mass is 16.5. The van der Waals surface area contributed by atoms with Crippen molar-refractivity contribution < 1.29 is 19.4 Å². The molecule has 0 bridgehead atoms. The second-order valence-electron chi connectivity index (χ2n) is 5.15. The van der Waals surface area contributed by atoms with Gasteiger partial charge in [0.25, 0.3) is 0 Å². The van der Waals surface area contributed by atoms with E-state index in [2.05, 4.69) is 0 Å². The molecular weight excluding hydrogens is 268 g/mol. The first kappa shape index (κ1) is 17.3. The van der Waals surface area contributed by atoms with Crippen LogP contribution in [0.4, 0.5) is 0 Å². The molecule has 0 saturated carbocycles. The highest BCUT2D eigenvalue weighted by molar-refractivity contribution is 5.74. The molecule has 1 aromatic rings. The summed E-state index contributed by atoms with van der Waals surface area (Å²) in [4.78, 5) is 11.4. The molecule has 0 amide bonds. The molecule has 118 valence electrons. The van der Waals surface area contributed by atoms with Crippen molar-refractivity contribution in [2.24, 2.45) is 5.41 Å². The molecule has 4 heteroatoms. The van der Waals surface area contributed by atoms with Gasteiger partial charge in [0.05, 0.1) is 18.6 Å². The number of carbonyl (C=O) groups is 1. The van der Waals surface area contributed by atoms with Crippen LogP contribution in [-0.2, 0) is 4.79 Å². The van der Waals surface area contributed by atoms with Gasteiger partial charge >= 0.3 is 5.97 Å². The molecule has 0 aliphatic carbocycles. The monoisotopic (exact) mass is 294 g/mol. The Bertz CT molecular complexity index is 421. The van der Waals surface area contributed by atoms with Crippen molar-refractivity contribution in [2.45, 2.75) is 46.5 Å². The first-order valence-corrected chi connectivity index (χ1v) is 7.67. The van der Waals surface area contributed by atoms with Gasteiger partial charge in [0, 0.05) is 0 Å². The van der Waals surface area contributed by atoms with Gasteiger partial charge in [-0.3, -0.25) is 4.79 Å². The minimum atomic E-state index is -0.700. The molecule has 0 aromatic heterocycles. The summed E-state index contributed by atoms with van der Waals surface area (Å²) in [7, 11) is 0. The smallest absolute Gasteiger partial charge is 0.309 e. The van der Waals surface area contributed by atoms with E-state index in [1.807, 2.05) is 45.0 Å². The zero-order chi connectivity index (χ0) is 15.7. The lowest BCUT2D eigenvalue weighted by Gasteiger charge is -2.26. The predicted molar refractivity (Wildman–Crippen MR) is 83.0 cm³/mol. The number of hydrogen-bond acceptors (Lipinski definition) is 3. The average Bonchev–Trinajstić information content (AvgIpc) is 2.49. The molecule has 0 saturated heterocycles. The van der Waals surface area contributed by atoms with E-state index in [0.717, 1.165) is 17.9 Å². The van der Waals surface area contributed by atoms with E-state index >= 15 is 0 Å². The molecule has 0 atom stereocenters. The summed E-state index contributed by atoms with van der Waals surface area (Å²) in [6.07, 6.45) is 2.69. The Hall–Kier alpha value is -1.71. The van der Waals surface area contributed by atoms with E-state index in [1.54, 1.807) is 0 Å².